The van der Waals surface area contributed by atoms with Crippen molar-refractivity contribution in [3.05, 3.63) is 11.6 Å². The average molecular weight is 376 g/mol. The van der Waals surface area contributed by atoms with Crippen molar-refractivity contribution < 1.29 is 4.74 Å². The number of nitrogens with zero attached hydrogens (tertiary/aromatic N) is 5. The van der Waals surface area contributed by atoms with E-state index >= 15 is 0 Å². The fraction of sp³-hybridized carbons (Fsp3) is 0.905. The van der Waals surface area contributed by atoms with Gasteiger partial charge in [0.15, 0.2) is 0 Å². The van der Waals surface area contributed by atoms with Crippen LogP contribution in [-0.2, 0) is 18.3 Å². The molecule has 1 aromatic heterocycles. The topological polar surface area (TPSA) is 46.4 Å². The van der Waals surface area contributed by atoms with Crippen molar-refractivity contribution >= 4 is 0 Å². The van der Waals surface area contributed by atoms with E-state index in [1.165, 1.54) is 76.8 Å². The first-order chi connectivity index (χ1) is 13.3. The van der Waals surface area contributed by atoms with Crippen molar-refractivity contribution in [1.82, 2.24) is 24.6 Å². The van der Waals surface area contributed by atoms with Crippen LogP contribution in [0.3, 0.4) is 0 Å². The Hall–Kier alpha value is -0.980. The van der Waals surface area contributed by atoms with Gasteiger partial charge in [-0.15, -0.1) is 10.2 Å². The molecule has 0 amide bonds. The van der Waals surface area contributed by atoms with Gasteiger partial charge in [-0.3, -0.25) is 4.90 Å². The van der Waals surface area contributed by atoms with Crippen molar-refractivity contribution in [3.8, 4) is 0 Å². The number of likely N-dealkylation sites (tertiary alicyclic amines) is 1. The Morgan fingerprint density at radius 3 is 2.41 bits per heavy atom. The second-order valence-electron chi connectivity index (χ2n) is 8.83. The van der Waals surface area contributed by atoms with Gasteiger partial charge in [-0.05, 0) is 51.2 Å². The zero-order valence-electron chi connectivity index (χ0n) is 17.1. The Bertz CT molecular complexity index is 569. The highest BCUT2D eigenvalue weighted by molar-refractivity contribution is 5.03. The molecule has 0 spiro atoms. The summed E-state index contributed by atoms with van der Waals surface area (Å²) in [5.41, 5.74) is 0. The van der Waals surface area contributed by atoms with Gasteiger partial charge in [-0.25, -0.2) is 0 Å². The first-order valence-corrected chi connectivity index (χ1v) is 11.2. The van der Waals surface area contributed by atoms with E-state index in [-0.39, 0.29) is 0 Å². The number of ether oxygens (including phenoxy) is 1. The third kappa shape index (κ3) is 5.09. The van der Waals surface area contributed by atoms with Gasteiger partial charge < -0.3 is 14.2 Å². The van der Waals surface area contributed by atoms with Gasteiger partial charge in [-0.1, -0.05) is 25.7 Å². The van der Waals surface area contributed by atoms with Gasteiger partial charge in [0.2, 0.25) is 0 Å². The van der Waals surface area contributed by atoms with Crippen molar-refractivity contribution in [3.63, 3.8) is 0 Å². The molecule has 0 N–H and O–H groups in total. The molecule has 3 heterocycles. The summed E-state index contributed by atoms with van der Waals surface area (Å²) in [6.07, 6.45) is 11.2. The standard InChI is InChI=1S/C21H37N5O/c1-24-20(17-26-13-15-27-16-14-26)22-23-21(24)19-8-11-25(12-9-19)10-4-7-18-5-2-3-6-18/h18-19H,2-17H2,1H3. The predicted octanol–water partition coefficient (Wildman–Crippen LogP) is 2.80. The summed E-state index contributed by atoms with van der Waals surface area (Å²) < 4.78 is 7.71. The summed E-state index contributed by atoms with van der Waals surface area (Å²) in [6.45, 7) is 8.32. The van der Waals surface area contributed by atoms with Crippen LogP contribution >= 0.6 is 0 Å². The van der Waals surface area contributed by atoms with Crippen molar-refractivity contribution in [2.45, 2.75) is 63.8 Å². The normalized spacial score (nSPS) is 24.0. The summed E-state index contributed by atoms with van der Waals surface area (Å²) in [7, 11) is 2.15. The van der Waals surface area contributed by atoms with Crippen LogP contribution in [0.2, 0.25) is 0 Å². The molecule has 6 heteroatoms. The molecule has 4 rings (SSSR count). The van der Waals surface area contributed by atoms with E-state index in [2.05, 4.69) is 31.6 Å². The molecule has 0 unspecified atom stereocenters. The minimum Gasteiger partial charge on any atom is -0.379 e. The van der Waals surface area contributed by atoms with Crippen LogP contribution in [0, 0.1) is 5.92 Å². The van der Waals surface area contributed by atoms with Crippen LogP contribution in [0.15, 0.2) is 0 Å². The second-order valence-corrected chi connectivity index (χ2v) is 8.83. The molecule has 0 aromatic carbocycles. The molecular weight excluding hydrogens is 338 g/mol. The molecule has 0 bridgehead atoms. The lowest BCUT2D eigenvalue weighted by atomic mass is 9.95. The summed E-state index contributed by atoms with van der Waals surface area (Å²) >= 11 is 0. The van der Waals surface area contributed by atoms with Crippen LogP contribution in [0.25, 0.3) is 0 Å². The number of piperidine rings is 1. The molecule has 2 aliphatic heterocycles. The Labute approximate surface area is 164 Å². The molecule has 1 aliphatic carbocycles. The lowest BCUT2D eigenvalue weighted by Gasteiger charge is -2.31. The van der Waals surface area contributed by atoms with E-state index in [9.17, 15) is 0 Å². The summed E-state index contributed by atoms with van der Waals surface area (Å²) in [6, 6.07) is 0. The van der Waals surface area contributed by atoms with Crippen LogP contribution in [0.5, 0.6) is 0 Å². The maximum Gasteiger partial charge on any atom is 0.146 e. The van der Waals surface area contributed by atoms with Crippen LogP contribution in [0.1, 0.15) is 68.9 Å². The minimum atomic E-state index is 0.576. The summed E-state index contributed by atoms with van der Waals surface area (Å²) in [5, 5.41) is 9.10. The van der Waals surface area contributed by atoms with Gasteiger partial charge in [0, 0.05) is 26.1 Å². The van der Waals surface area contributed by atoms with Gasteiger partial charge >= 0.3 is 0 Å². The Morgan fingerprint density at radius 2 is 1.67 bits per heavy atom. The third-order valence-corrected chi connectivity index (χ3v) is 6.98. The third-order valence-electron chi connectivity index (χ3n) is 6.98. The largest absolute Gasteiger partial charge is 0.379 e. The van der Waals surface area contributed by atoms with E-state index < -0.39 is 0 Å². The number of rotatable bonds is 7. The maximum absolute atomic E-state index is 5.45. The Morgan fingerprint density at radius 1 is 0.926 bits per heavy atom. The van der Waals surface area contributed by atoms with Crippen molar-refractivity contribution in [2.24, 2.45) is 13.0 Å². The average Bonchev–Trinajstić information content (AvgIpc) is 3.34. The molecular formula is C21H37N5O. The van der Waals surface area contributed by atoms with E-state index in [1.54, 1.807) is 0 Å². The lowest BCUT2D eigenvalue weighted by molar-refractivity contribution is 0.0326. The van der Waals surface area contributed by atoms with Gasteiger partial charge in [0.05, 0.1) is 19.8 Å². The summed E-state index contributed by atoms with van der Waals surface area (Å²) in [5.74, 6) is 3.91. The molecule has 0 radical (unpaired) electrons. The van der Waals surface area contributed by atoms with Gasteiger partial charge in [0.1, 0.15) is 11.6 Å². The molecule has 152 valence electrons. The number of aromatic nitrogens is 3. The highest BCUT2D eigenvalue weighted by Crippen LogP contribution is 2.30. The second kappa shape index (κ2) is 9.48. The monoisotopic (exact) mass is 375 g/mol. The fourth-order valence-electron chi connectivity index (χ4n) is 5.15. The Kier molecular flexibility index (Phi) is 6.79. The maximum atomic E-state index is 5.45. The van der Waals surface area contributed by atoms with Crippen LogP contribution < -0.4 is 0 Å². The number of morpholine rings is 1. The van der Waals surface area contributed by atoms with Crippen LogP contribution in [0.4, 0.5) is 0 Å². The Balaban J connectivity index is 1.22. The molecule has 0 atom stereocenters. The lowest BCUT2D eigenvalue weighted by Crippen LogP contribution is -2.36. The molecule has 27 heavy (non-hydrogen) atoms. The highest BCUT2D eigenvalue weighted by Gasteiger charge is 2.26. The van der Waals surface area contributed by atoms with E-state index in [0.29, 0.717) is 5.92 Å². The summed E-state index contributed by atoms with van der Waals surface area (Å²) in [4.78, 5) is 5.10. The number of hydrogen-bond donors (Lipinski definition) is 0. The SMILES string of the molecule is Cn1c(CN2CCOCC2)nnc1C1CCN(CCCC2CCCC2)CC1. The van der Waals surface area contributed by atoms with Gasteiger partial charge in [0.25, 0.3) is 0 Å². The number of hydrogen-bond acceptors (Lipinski definition) is 5. The first-order valence-electron chi connectivity index (χ1n) is 11.2. The molecule has 3 aliphatic rings. The van der Waals surface area contributed by atoms with E-state index in [0.717, 1.165) is 44.6 Å². The molecule has 2 saturated heterocycles. The molecule has 3 fully saturated rings. The van der Waals surface area contributed by atoms with E-state index in [4.69, 9.17) is 4.74 Å². The molecule has 6 nitrogen and oxygen atoms in total. The quantitative estimate of drug-likeness (QED) is 0.733. The van der Waals surface area contributed by atoms with Crippen molar-refractivity contribution in [2.75, 3.05) is 45.9 Å². The zero-order chi connectivity index (χ0) is 18.5. The van der Waals surface area contributed by atoms with E-state index in [1.807, 2.05) is 0 Å². The predicted molar refractivity (Wildman–Crippen MR) is 107 cm³/mol. The fourth-order valence-corrected chi connectivity index (χ4v) is 5.15. The van der Waals surface area contributed by atoms with Crippen molar-refractivity contribution in [1.29, 1.82) is 0 Å². The smallest absolute Gasteiger partial charge is 0.146 e. The molecule has 1 aromatic rings. The first kappa shape index (κ1) is 19.3. The minimum absolute atomic E-state index is 0.576. The highest BCUT2D eigenvalue weighted by atomic mass is 16.5. The molecule has 1 saturated carbocycles. The zero-order valence-corrected chi connectivity index (χ0v) is 17.1. The van der Waals surface area contributed by atoms with Crippen LogP contribution in [-0.4, -0.2) is 70.5 Å². The van der Waals surface area contributed by atoms with Gasteiger partial charge in [-0.2, -0.15) is 0 Å².